The molecule has 1 aliphatic rings. The summed E-state index contributed by atoms with van der Waals surface area (Å²) in [4.78, 5) is 12.5. The highest BCUT2D eigenvalue weighted by Crippen LogP contribution is 2.45. The van der Waals surface area contributed by atoms with Gasteiger partial charge >= 0.3 is 5.97 Å². The fourth-order valence-corrected chi connectivity index (χ4v) is 3.34. The summed E-state index contributed by atoms with van der Waals surface area (Å²) < 4.78 is 19.6. The number of hydrogen-bond acceptors (Lipinski definition) is 2. The number of carbonyl (C=O) groups is 1. The van der Waals surface area contributed by atoms with E-state index < -0.39 is 17.9 Å². The number of halogens is 2. The molecule has 24 heavy (non-hydrogen) atoms. The van der Waals surface area contributed by atoms with Crippen molar-refractivity contribution in [3.63, 3.8) is 0 Å². The largest absolute Gasteiger partial charge is 0.449 e. The van der Waals surface area contributed by atoms with Gasteiger partial charge in [0.15, 0.2) is 6.10 Å². The molecule has 0 fully saturated rings. The molecular weight excluding hydrogens is 327 g/mol. The van der Waals surface area contributed by atoms with E-state index in [0.29, 0.717) is 0 Å². The maximum absolute atomic E-state index is 14.0. The minimum Gasteiger partial charge on any atom is -0.449 e. The smallest absolute Gasteiger partial charge is 0.343 e. The predicted molar refractivity (Wildman–Crippen MR) is 90.5 cm³/mol. The van der Waals surface area contributed by atoms with Crippen LogP contribution in [0.4, 0.5) is 4.39 Å². The minimum absolute atomic E-state index is 0.0413. The zero-order chi connectivity index (χ0) is 16.7. The molecule has 118 valence electrons. The second-order valence-electron chi connectivity index (χ2n) is 5.56. The van der Waals surface area contributed by atoms with Gasteiger partial charge in [0.25, 0.3) is 0 Å². The third-order valence-electron chi connectivity index (χ3n) is 4.17. The Morgan fingerprint density at radius 2 is 1.46 bits per heavy atom. The van der Waals surface area contributed by atoms with Crippen LogP contribution < -0.4 is 0 Å². The molecular formula is C20H12ClFO2. The molecule has 0 spiro atoms. The lowest BCUT2D eigenvalue weighted by atomic mass is 10.1. The molecule has 0 saturated heterocycles. The number of carbonyl (C=O) groups excluding carboxylic acids is 1. The molecule has 4 heteroatoms. The van der Waals surface area contributed by atoms with Crippen molar-refractivity contribution >= 4 is 17.6 Å². The van der Waals surface area contributed by atoms with Crippen molar-refractivity contribution in [1.82, 2.24) is 0 Å². The van der Waals surface area contributed by atoms with Gasteiger partial charge in [-0.3, -0.25) is 0 Å². The van der Waals surface area contributed by atoms with Crippen molar-refractivity contribution in [3.05, 3.63) is 94.3 Å². The number of rotatable bonds is 2. The minimum atomic E-state index is -0.769. The van der Waals surface area contributed by atoms with Gasteiger partial charge in [-0.15, -0.1) is 0 Å². The van der Waals surface area contributed by atoms with E-state index in [2.05, 4.69) is 0 Å². The first-order valence-corrected chi connectivity index (χ1v) is 7.88. The zero-order valence-electron chi connectivity index (χ0n) is 12.5. The van der Waals surface area contributed by atoms with E-state index in [-0.39, 0.29) is 10.6 Å². The van der Waals surface area contributed by atoms with Gasteiger partial charge < -0.3 is 4.74 Å². The second kappa shape index (κ2) is 5.77. The van der Waals surface area contributed by atoms with Crippen molar-refractivity contribution in [3.8, 4) is 11.1 Å². The fraction of sp³-hybridized carbons (Fsp3) is 0.0500. The maximum Gasteiger partial charge on any atom is 0.343 e. The van der Waals surface area contributed by atoms with Crippen LogP contribution in [-0.4, -0.2) is 5.97 Å². The molecule has 2 nitrogen and oxygen atoms in total. The van der Waals surface area contributed by atoms with Crippen molar-refractivity contribution in [2.75, 3.05) is 0 Å². The van der Waals surface area contributed by atoms with Gasteiger partial charge in [0.1, 0.15) is 11.4 Å². The Balaban J connectivity index is 1.76. The van der Waals surface area contributed by atoms with E-state index in [9.17, 15) is 9.18 Å². The lowest BCUT2D eigenvalue weighted by Crippen LogP contribution is -2.13. The Morgan fingerprint density at radius 3 is 2.04 bits per heavy atom. The number of ether oxygens (including phenoxy) is 1. The van der Waals surface area contributed by atoms with E-state index in [1.54, 1.807) is 0 Å². The van der Waals surface area contributed by atoms with Crippen LogP contribution in [0.5, 0.6) is 0 Å². The van der Waals surface area contributed by atoms with E-state index in [4.69, 9.17) is 16.3 Å². The zero-order valence-corrected chi connectivity index (χ0v) is 13.3. The quantitative estimate of drug-likeness (QED) is 0.584. The Morgan fingerprint density at radius 1 is 0.875 bits per heavy atom. The molecule has 0 aliphatic heterocycles. The molecule has 1 aliphatic carbocycles. The SMILES string of the molecule is O=C(OC1c2ccccc2-c2ccccc21)c1c(F)cccc1Cl. The van der Waals surface area contributed by atoms with Crippen LogP contribution in [0, 0.1) is 5.82 Å². The van der Waals surface area contributed by atoms with Crippen LogP contribution in [0.1, 0.15) is 27.6 Å². The molecule has 0 saturated carbocycles. The summed E-state index contributed by atoms with van der Waals surface area (Å²) in [6.45, 7) is 0. The summed E-state index contributed by atoms with van der Waals surface area (Å²) in [5.41, 5.74) is 3.58. The molecule has 0 unspecified atom stereocenters. The summed E-state index contributed by atoms with van der Waals surface area (Å²) in [6.07, 6.45) is -0.569. The number of hydrogen-bond donors (Lipinski definition) is 0. The average molecular weight is 339 g/mol. The fourth-order valence-electron chi connectivity index (χ4n) is 3.10. The van der Waals surface area contributed by atoms with Gasteiger partial charge in [0, 0.05) is 11.1 Å². The van der Waals surface area contributed by atoms with E-state index in [0.717, 1.165) is 22.3 Å². The highest BCUT2D eigenvalue weighted by molar-refractivity contribution is 6.33. The Kier molecular flexibility index (Phi) is 3.58. The van der Waals surface area contributed by atoms with Crippen LogP contribution in [-0.2, 0) is 4.74 Å². The Hall–Kier alpha value is -2.65. The van der Waals surface area contributed by atoms with Gasteiger partial charge in [0.2, 0.25) is 0 Å². The van der Waals surface area contributed by atoms with Crippen LogP contribution >= 0.6 is 11.6 Å². The third kappa shape index (κ3) is 2.29. The van der Waals surface area contributed by atoms with Crippen molar-refractivity contribution < 1.29 is 13.9 Å². The third-order valence-corrected chi connectivity index (χ3v) is 4.48. The van der Waals surface area contributed by atoms with Gasteiger partial charge in [-0.1, -0.05) is 66.2 Å². The average Bonchev–Trinajstić information content (AvgIpc) is 2.89. The molecule has 0 amide bonds. The predicted octanol–water partition coefficient (Wildman–Crippen LogP) is 5.41. The molecule has 0 heterocycles. The number of benzene rings is 3. The standard InChI is InChI=1S/C20H12ClFO2/c21-16-10-5-11-17(22)18(16)20(23)24-19-14-8-3-1-6-12(14)13-7-2-4-9-15(13)19/h1-11,19H. The Labute approximate surface area is 143 Å². The van der Waals surface area contributed by atoms with Crippen molar-refractivity contribution in [2.45, 2.75) is 6.10 Å². The van der Waals surface area contributed by atoms with Gasteiger partial charge in [0.05, 0.1) is 5.02 Å². The summed E-state index contributed by atoms with van der Waals surface area (Å²) in [6, 6.07) is 19.6. The number of esters is 1. The van der Waals surface area contributed by atoms with Crippen molar-refractivity contribution in [2.24, 2.45) is 0 Å². The molecule has 3 aromatic rings. The van der Waals surface area contributed by atoms with Gasteiger partial charge in [-0.2, -0.15) is 0 Å². The summed E-state index contributed by atoms with van der Waals surface area (Å²) in [7, 11) is 0. The first-order valence-electron chi connectivity index (χ1n) is 7.50. The summed E-state index contributed by atoms with van der Waals surface area (Å²) in [5, 5.41) is 0.0413. The summed E-state index contributed by atoms with van der Waals surface area (Å²) >= 11 is 5.97. The first-order chi connectivity index (χ1) is 11.7. The lowest BCUT2D eigenvalue weighted by Gasteiger charge is -2.16. The highest BCUT2D eigenvalue weighted by atomic mass is 35.5. The molecule has 0 N–H and O–H groups in total. The van der Waals surface area contributed by atoms with Gasteiger partial charge in [-0.25, -0.2) is 9.18 Å². The summed E-state index contributed by atoms with van der Waals surface area (Å²) in [5.74, 6) is -1.46. The molecule has 0 bridgehead atoms. The normalized spacial score (nSPS) is 12.6. The molecule has 0 atom stereocenters. The molecule has 3 aromatic carbocycles. The molecule has 4 rings (SSSR count). The van der Waals surface area contributed by atoms with Gasteiger partial charge in [-0.05, 0) is 23.3 Å². The molecule has 0 aromatic heterocycles. The van der Waals surface area contributed by atoms with Crippen LogP contribution in [0.15, 0.2) is 66.7 Å². The van der Waals surface area contributed by atoms with Crippen molar-refractivity contribution in [1.29, 1.82) is 0 Å². The number of fused-ring (bicyclic) bond motifs is 3. The monoisotopic (exact) mass is 338 g/mol. The first kappa shape index (κ1) is 14.9. The topological polar surface area (TPSA) is 26.3 Å². The second-order valence-corrected chi connectivity index (χ2v) is 5.96. The van der Waals surface area contributed by atoms with E-state index in [1.165, 1.54) is 18.2 Å². The van der Waals surface area contributed by atoms with Crippen LogP contribution in [0.3, 0.4) is 0 Å². The van der Waals surface area contributed by atoms with E-state index in [1.807, 2.05) is 48.5 Å². The highest BCUT2D eigenvalue weighted by Gasteiger charge is 2.32. The Bertz CT molecular complexity index is 886. The maximum atomic E-state index is 14.0. The van der Waals surface area contributed by atoms with Crippen LogP contribution in [0.2, 0.25) is 5.02 Å². The lowest BCUT2D eigenvalue weighted by molar-refractivity contribution is 0.0380. The van der Waals surface area contributed by atoms with E-state index >= 15 is 0 Å². The molecule has 0 radical (unpaired) electrons. The van der Waals surface area contributed by atoms with Crippen LogP contribution in [0.25, 0.3) is 11.1 Å².